The van der Waals surface area contributed by atoms with Gasteiger partial charge in [0.2, 0.25) is 0 Å². The molecule has 0 saturated carbocycles. The van der Waals surface area contributed by atoms with Crippen LogP contribution in [-0.4, -0.2) is 23.6 Å². The SMILES string of the molecule is COc1ccc(Oc2cccc(C=[N+]([O-])C(C)(C)C)c2)cc1. The molecular formula is C18H21NO3. The lowest BCUT2D eigenvalue weighted by Crippen LogP contribution is -2.29. The largest absolute Gasteiger partial charge is 0.623 e. The average molecular weight is 299 g/mol. The van der Waals surface area contributed by atoms with Crippen LogP contribution in [0.15, 0.2) is 48.5 Å². The lowest BCUT2D eigenvalue weighted by molar-refractivity contribution is -0.530. The molecule has 2 aromatic rings. The number of nitrogens with zero attached hydrogens (tertiary/aromatic N) is 1. The van der Waals surface area contributed by atoms with Gasteiger partial charge in [0.15, 0.2) is 11.8 Å². The fourth-order valence-electron chi connectivity index (χ4n) is 1.77. The van der Waals surface area contributed by atoms with E-state index in [0.717, 1.165) is 16.1 Å². The minimum Gasteiger partial charge on any atom is -0.623 e. The van der Waals surface area contributed by atoms with Gasteiger partial charge in [-0.1, -0.05) is 6.07 Å². The second kappa shape index (κ2) is 6.52. The van der Waals surface area contributed by atoms with Gasteiger partial charge in [-0.05, 0) is 42.5 Å². The summed E-state index contributed by atoms with van der Waals surface area (Å²) >= 11 is 0. The minimum atomic E-state index is -0.465. The van der Waals surface area contributed by atoms with Crippen molar-refractivity contribution in [3.05, 3.63) is 59.3 Å². The summed E-state index contributed by atoms with van der Waals surface area (Å²) in [6.07, 6.45) is 1.57. The highest BCUT2D eigenvalue weighted by atomic mass is 16.5. The van der Waals surface area contributed by atoms with Crippen molar-refractivity contribution in [2.75, 3.05) is 7.11 Å². The number of methoxy groups -OCH3 is 1. The van der Waals surface area contributed by atoms with Crippen LogP contribution in [0, 0.1) is 5.21 Å². The molecule has 2 aromatic carbocycles. The third-order valence-corrected chi connectivity index (χ3v) is 3.08. The summed E-state index contributed by atoms with van der Waals surface area (Å²) in [4.78, 5) is 0. The summed E-state index contributed by atoms with van der Waals surface area (Å²) in [7, 11) is 1.62. The second-order valence-corrected chi connectivity index (χ2v) is 5.98. The van der Waals surface area contributed by atoms with Gasteiger partial charge in [-0.15, -0.1) is 0 Å². The molecule has 0 spiro atoms. The van der Waals surface area contributed by atoms with Crippen LogP contribution in [0.4, 0.5) is 0 Å². The van der Waals surface area contributed by atoms with Gasteiger partial charge in [0, 0.05) is 26.3 Å². The van der Waals surface area contributed by atoms with Crippen molar-refractivity contribution in [1.29, 1.82) is 0 Å². The first-order chi connectivity index (χ1) is 10.4. The average Bonchev–Trinajstić information content (AvgIpc) is 2.47. The molecular weight excluding hydrogens is 278 g/mol. The van der Waals surface area contributed by atoms with Crippen molar-refractivity contribution >= 4 is 6.21 Å². The molecule has 22 heavy (non-hydrogen) atoms. The zero-order chi connectivity index (χ0) is 16.2. The van der Waals surface area contributed by atoms with Gasteiger partial charge < -0.3 is 14.7 Å². The molecule has 0 aromatic heterocycles. The lowest BCUT2D eigenvalue weighted by atomic mass is 10.1. The highest BCUT2D eigenvalue weighted by molar-refractivity contribution is 5.76. The number of ether oxygens (including phenoxy) is 2. The van der Waals surface area contributed by atoms with Crippen LogP contribution in [0.1, 0.15) is 26.3 Å². The molecule has 0 aliphatic heterocycles. The highest BCUT2D eigenvalue weighted by Gasteiger charge is 2.18. The van der Waals surface area contributed by atoms with E-state index < -0.39 is 5.54 Å². The standard InChI is InChI=1S/C18H21NO3/c1-18(2,3)19(20)13-14-6-5-7-17(12-14)22-16-10-8-15(21-4)9-11-16/h5-13H,1-4H3. The Balaban J connectivity index is 2.17. The molecule has 0 N–H and O–H groups in total. The molecule has 4 nitrogen and oxygen atoms in total. The number of hydroxylamine groups is 1. The quantitative estimate of drug-likeness (QED) is 0.367. The highest BCUT2D eigenvalue weighted by Crippen LogP contribution is 2.24. The molecule has 4 heteroatoms. The van der Waals surface area contributed by atoms with E-state index in [1.165, 1.54) is 0 Å². The fourth-order valence-corrected chi connectivity index (χ4v) is 1.77. The maximum absolute atomic E-state index is 12.0. The number of hydrogen-bond acceptors (Lipinski definition) is 3. The smallest absolute Gasteiger partial charge is 0.182 e. The molecule has 2 rings (SSSR count). The summed E-state index contributed by atoms with van der Waals surface area (Å²) in [6, 6.07) is 14.8. The normalized spacial score (nSPS) is 12.1. The number of hydrogen-bond donors (Lipinski definition) is 0. The summed E-state index contributed by atoms with van der Waals surface area (Å²) in [5, 5.41) is 12.0. The van der Waals surface area contributed by atoms with Crippen LogP contribution >= 0.6 is 0 Å². The van der Waals surface area contributed by atoms with E-state index in [0.29, 0.717) is 11.5 Å². The Bertz CT molecular complexity index is 655. The van der Waals surface area contributed by atoms with Gasteiger partial charge in [0.1, 0.15) is 17.2 Å². The van der Waals surface area contributed by atoms with Gasteiger partial charge >= 0.3 is 0 Å². The van der Waals surface area contributed by atoms with Crippen LogP contribution in [0.25, 0.3) is 0 Å². The molecule has 0 saturated heterocycles. The predicted molar refractivity (Wildman–Crippen MR) is 88.1 cm³/mol. The Morgan fingerprint density at radius 2 is 1.59 bits per heavy atom. The fraction of sp³-hybridized carbons (Fsp3) is 0.278. The van der Waals surface area contributed by atoms with Crippen LogP contribution in [0.5, 0.6) is 17.2 Å². The lowest BCUT2D eigenvalue weighted by Gasteiger charge is -2.18. The van der Waals surface area contributed by atoms with Crippen molar-refractivity contribution in [2.24, 2.45) is 0 Å². The van der Waals surface area contributed by atoms with Crippen molar-refractivity contribution in [3.8, 4) is 17.2 Å². The first-order valence-corrected chi connectivity index (χ1v) is 7.12. The van der Waals surface area contributed by atoms with Gasteiger partial charge in [0.05, 0.1) is 7.11 Å². The minimum absolute atomic E-state index is 0.465. The molecule has 0 bridgehead atoms. The van der Waals surface area contributed by atoms with Gasteiger partial charge in [0.25, 0.3) is 0 Å². The zero-order valence-electron chi connectivity index (χ0n) is 13.4. The van der Waals surface area contributed by atoms with Gasteiger partial charge in [-0.25, -0.2) is 4.74 Å². The third-order valence-electron chi connectivity index (χ3n) is 3.08. The zero-order valence-corrected chi connectivity index (χ0v) is 13.4. The molecule has 0 atom stereocenters. The van der Waals surface area contributed by atoms with Gasteiger partial charge in [-0.2, -0.15) is 0 Å². The van der Waals surface area contributed by atoms with Crippen molar-refractivity contribution < 1.29 is 14.2 Å². The first-order valence-electron chi connectivity index (χ1n) is 7.12. The molecule has 0 radical (unpaired) electrons. The van der Waals surface area contributed by atoms with Crippen LogP contribution < -0.4 is 9.47 Å². The van der Waals surface area contributed by atoms with Crippen LogP contribution in [0.2, 0.25) is 0 Å². The monoisotopic (exact) mass is 299 g/mol. The van der Waals surface area contributed by atoms with E-state index >= 15 is 0 Å². The molecule has 0 aliphatic carbocycles. The maximum atomic E-state index is 12.0. The predicted octanol–water partition coefficient (Wildman–Crippen LogP) is 4.22. The molecule has 0 fully saturated rings. The Kier molecular flexibility index (Phi) is 4.71. The van der Waals surface area contributed by atoms with E-state index in [2.05, 4.69) is 0 Å². The van der Waals surface area contributed by atoms with Crippen LogP contribution in [-0.2, 0) is 0 Å². The summed E-state index contributed by atoms with van der Waals surface area (Å²) < 4.78 is 11.8. The van der Waals surface area contributed by atoms with E-state index in [9.17, 15) is 5.21 Å². The van der Waals surface area contributed by atoms with Crippen LogP contribution in [0.3, 0.4) is 0 Å². The molecule has 0 aliphatic rings. The Hall–Kier alpha value is -2.49. The Morgan fingerprint density at radius 1 is 0.955 bits per heavy atom. The third kappa shape index (κ3) is 4.25. The van der Waals surface area contributed by atoms with E-state index in [1.54, 1.807) is 13.3 Å². The maximum Gasteiger partial charge on any atom is 0.182 e. The number of benzene rings is 2. The summed E-state index contributed by atoms with van der Waals surface area (Å²) in [6.45, 7) is 5.61. The van der Waals surface area contributed by atoms with E-state index in [-0.39, 0.29) is 0 Å². The molecule has 0 unspecified atom stereocenters. The molecule has 116 valence electrons. The number of rotatable bonds is 4. The van der Waals surface area contributed by atoms with E-state index in [4.69, 9.17) is 9.47 Å². The summed E-state index contributed by atoms with van der Waals surface area (Å²) in [5.74, 6) is 2.18. The van der Waals surface area contributed by atoms with Crippen molar-refractivity contribution in [3.63, 3.8) is 0 Å². The van der Waals surface area contributed by atoms with Crippen molar-refractivity contribution in [2.45, 2.75) is 26.3 Å². The molecule has 0 amide bonds. The molecule has 0 heterocycles. The first kappa shape index (κ1) is 15.9. The second-order valence-electron chi connectivity index (χ2n) is 5.98. The topological polar surface area (TPSA) is 44.5 Å². The van der Waals surface area contributed by atoms with E-state index in [1.807, 2.05) is 69.3 Å². The Labute approximate surface area is 131 Å². The van der Waals surface area contributed by atoms with Gasteiger partial charge in [-0.3, -0.25) is 0 Å². The Morgan fingerprint density at radius 3 is 2.18 bits per heavy atom. The van der Waals surface area contributed by atoms with Crippen molar-refractivity contribution in [1.82, 2.24) is 0 Å². The summed E-state index contributed by atoms with van der Waals surface area (Å²) in [5.41, 5.74) is 0.336.